The first-order valence-corrected chi connectivity index (χ1v) is 7.15. The molecule has 0 bridgehead atoms. The molecule has 18 heavy (non-hydrogen) atoms. The van der Waals surface area contributed by atoms with E-state index in [1.165, 1.54) is 37.7 Å². The lowest BCUT2D eigenvalue weighted by molar-refractivity contribution is 0.0823. The molecule has 0 unspecified atom stereocenters. The quantitative estimate of drug-likeness (QED) is 0.789. The van der Waals surface area contributed by atoms with Crippen molar-refractivity contribution in [1.29, 1.82) is 0 Å². The Hall–Kier alpha value is -1.02. The van der Waals surface area contributed by atoms with Crippen LogP contribution in [0.15, 0.2) is 24.3 Å². The van der Waals surface area contributed by atoms with Crippen molar-refractivity contribution in [1.82, 2.24) is 4.90 Å². The summed E-state index contributed by atoms with van der Waals surface area (Å²) in [6, 6.07) is 10.00. The van der Waals surface area contributed by atoms with Crippen molar-refractivity contribution in [2.45, 2.75) is 44.2 Å². The molecule has 3 rings (SSSR count). The van der Waals surface area contributed by atoms with Gasteiger partial charge < -0.3 is 4.74 Å². The highest BCUT2D eigenvalue weighted by Gasteiger charge is 2.38. The summed E-state index contributed by atoms with van der Waals surface area (Å²) in [6.07, 6.45) is 6.95. The number of piperidine rings is 1. The Morgan fingerprint density at radius 3 is 2.89 bits per heavy atom. The molecule has 2 aliphatic rings. The minimum absolute atomic E-state index is 0.583. The smallest absolute Gasteiger partial charge is 0.119 e. The van der Waals surface area contributed by atoms with E-state index >= 15 is 0 Å². The Morgan fingerprint density at radius 2 is 2.06 bits per heavy atom. The molecular formula is C16H23NO. The molecule has 2 nitrogen and oxygen atoms in total. The van der Waals surface area contributed by atoms with Crippen LogP contribution in [0.4, 0.5) is 0 Å². The molecule has 3 atom stereocenters. The summed E-state index contributed by atoms with van der Waals surface area (Å²) in [4.78, 5) is 2.62. The first-order chi connectivity index (χ1) is 8.79. The lowest BCUT2D eigenvalue weighted by Gasteiger charge is -2.42. The second kappa shape index (κ2) is 4.93. The maximum absolute atomic E-state index is 5.35. The van der Waals surface area contributed by atoms with Gasteiger partial charge in [0.05, 0.1) is 7.11 Å². The molecule has 0 radical (unpaired) electrons. The first-order valence-electron chi connectivity index (χ1n) is 7.15. The lowest BCUT2D eigenvalue weighted by Crippen LogP contribution is -2.41. The molecule has 1 aromatic rings. The van der Waals surface area contributed by atoms with Crippen LogP contribution >= 0.6 is 0 Å². The third kappa shape index (κ3) is 2.03. The summed E-state index contributed by atoms with van der Waals surface area (Å²) >= 11 is 0. The molecule has 2 heteroatoms. The summed E-state index contributed by atoms with van der Waals surface area (Å²) in [5.74, 6) is 1.94. The Kier molecular flexibility index (Phi) is 3.29. The maximum Gasteiger partial charge on any atom is 0.119 e. The number of fused-ring (bicyclic) bond motifs is 1. The fourth-order valence-electron chi connectivity index (χ4n) is 3.95. The van der Waals surface area contributed by atoms with Crippen LogP contribution in [0, 0.1) is 5.92 Å². The summed E-state index contributed by atoms with van der Waals surface area (Å²) < 4.78 is 5.35. The fourth-order valence-corrected chi connectivity index (χ4v) is 3.95. The Morgan fingerprint density at radius 1 is 1.17 bits per heavy atom. The molecule has 1 saturated carbocycles. The number of nitrogens with zero attached hydrogens (tertiary/aromatic N) is 1. The molecule has 1 saturated heterocycles. The van der Waals surface area contributed by atoms with Crippen LogP contribution in [0.3, 0.4) is 0 Å². The van der Waals surface area contributed by atoms with E-state index in [1.807, 2.05) is 6.07 Å². The Balaban J connectivity index is 1.83. The van der Waals surface area contributed by atoms with Crippen molar-refractivity contribution < 1.29 is 4.74 Å². The zero-order chi connectivity index (χ0) is 12.5. The van der Waals surface area contributed by atoms with Gasteiger partial charge in [0.1, 0.15) is 5.75 Å². The molecule has 0 N–H and O–H groups in total. The van der Waals surface area contributed by atoms with Crippen LogP contribution in [0.1, 0.15) is 43.7 Å². The number of likely N-dealkylation sites (tertiary alicyclic amines) is 1. The van der Waals surface area contributed by atoms with E-state index in [9.17, 15) is 0 Å². The van der Waals surface area contributed by atoms with Crippen LogP contribution in [0.2, 0.25) is 0 Å². The number of methoxy groups -OCH3 is 1. The van der Waals surface area contributed by atoms with Crippen molar-refractivity contribution in [2.24, 2.45) is 5.92 Å². The van der Waals surface area contributed by atoms with Gasteiger partial charge in [-0.2, -0.15) is 0 Å². The van der Waals surface area contributed by atoms with Crippen molar-refractivity contribution in [3.63, 3.8) is 0 Å². The van der Waals surface area contributed by atoms with E-state index in [0.29, 0.717) is 6.04 Å². The molecule has 2 fully saturated rings. The zero-order valence-corrected chi connectivity index (χ0v) is 11.4. The molecular weight excluding hydrogens is 222 g/mol. The van der Waals surface area contributed by atoms with Gasteiger partial charge in [-0.15, -0.1) is 0 Å². The standard InChI is InChI=1S/C16H23NO/c1-17-15-8-4-5-12(15)9-10-16(17)13-6-3-7-14(11-13)18-2/h3,6-7,11-12,15-16H,4-5,8-10H2,1-2H3/t12-,15+,16+/m1/s1. The zero-order valence-electron chi connectivity index (χ0n) is 11.4. The highest BCUT2D eigenvalue weighted by Crippen LogP contribution is 2.43. The number of hydrogen-bond acceptors (Lipinski definition) is 2. The minimum atomic E-state index is 0.583. The molecule has 0 spiro atoms. The van der Waals surface area contributed by atoms with Crippen LogP contribution in [-0.2, 0) is 0 Å². The van der Waals surface area contributed by atoms with Gasteiger partial charge in [-0.05, 0) is 56.3 Å². The second-order valence-corrected chi connectivity index (χ2v) is 5.79. The average molecular weight is 245 g/mol. The monoisotopic (exact) mass is 245 g/mol. The third-order valence-electron chi connectivity index (χ3n) is 4.92. The molecule has 98 valence electrons. The average Bonchev–Trinajstić information content (AvgIpc) is 2.88. The van der Waals surface area contributed by atoms with Gasteiger partial charge in [0.25, 0.3) is 0 Å². The van der Waals surface area contributed by atoms with E-state index in [1.54, 1.807) is 7.11 Å². The van der Waals surface area contributed by atoms with Crippen LogP contribution < -0.4 is 4.74 Å². The molecule has 1 aromatic carbocycles. The van der Waals surface area contributed by atoms with Gasteiger partial charge in [-0.1, -0.05) is 18.6 Å². The Bertz CT molecular complexity index is 417. The van der Waals surface area contributed by atoms with Crippen LogP contribution in [-0.4, -0.2) is 25.1 Å². The van der Waals surface area contributed by atoms with E-state index in [2.05, 4.69) is 30.1 Å². The van der Waals surface area contributed by atoms with E-state index in [0.717, 1.165) is 17.7 Å². The van der Waals surface area contributed by atoms with Gasteiger partial charge in [0.2, 0.25) is 0 Å². The van der Waals surface area contributed by atoms with Gasteiger partial charge in [-0.3, -0.25) is 4.90 Å². The van der Waals surface area contributed by atoms with Gasteiger partial charge >= 0.3 is 0 Å². The molecule has 0 aromatic heterocycles. The summed E-state index contributed by atoms with van der Waals surface area (Å²) in [6.45, 7) is 0. The predicted molar refractivity (Wildman–Crippen MR) is 73.9 cm³/mol. The van der Waals surface area contributed by atoms with Crippen molar-refractivity contribution in [2.75, 3.05) is 14.2 Å². The van der Waals surface area contributed by atoms with Crippen LogP contribution in [0.25, 0.3) is 0 Å². The molecule has 0 amide bonds. The van der Waals surface area contributed by atoms with Crippen molar-refractivity contribution in [3.8, 4) is 5.75 Å². The molecule has 1 aliphatic carbocycles. The van der Waals surface area contributed by atoms with E-state index < -0.39 is 0 Å². The molecule has 1 aliphatic heterocycles. The SMILES string of the molecule is COc1cccc([C@@H]2CC[C@H]3CCC[C@@H]3N2C)c1. The highest BCUT2D eigenvalue weighted by molar-refractivity contribution is 5.31. The second-order valence-electron chi connectivity index (χ2n) is 5.79. The van der Waals surface area contributed by atoms with Crippen LogP contribution in [0.5, 0.6) is 5.75 Å². The van der Waals surface area contributed by atoms with Gasteiger partial charge in [-0.25, -0.2) is 0 Å². The topological polar surface area (TPSA) is 12.5 Å². The van der Waals surface area contributed by atoms with Gasteiger partial charge in [0.15, 0.2) is 0 Å². The first kappa shape index (κ1) is 12.0. The summed E-state index contributed by atoms with van der Waals surface area (Å²) in [5.41, 5.74) is 1.42. The highest BCUT2D eigenvalue weighted by atomic mass is 16.5. The largest absolute Gasteiger partial charge is 0.497 e. The number of ether oxygens (including phenoxy) is 1. The molecule has 1 heterocycles. The Labute approximate surface area is 110 Å². The lowest BCUT2D eigenvalue weighted by atomic mass is 9.85. The maximum atomic E-state index is 5.35. The predicted octanol–water partition coefficient (Wildman–Crippen LogP) is 3.63. The van der Waals surface area contributed by atoms with Crippen molar-refractivity contribution >= 4 is 0 Å². The number of hydrogen-bond donors (Lipinski definition) is 0. The fraction of sp³-hybridized carbons (Fsp3) is 0.625. The number of benzene rings is 1. The van der Waals surface area contributed by atoms with E-state index in [4.69, 9.17) is 4.74 Å². The summed E-state index contributed by atoms with van der Waals surface area (Å²) in [5, 5.41) is 0. The van der Waals surface area contributed by atoms with Crippen molar-refractivity contribution in [3.05, 3.63) is 29.8 Å². The normalized spacial score (nSPS) is 32.2. The van der Waals surface area contributed by atoms with Gasteiger partial charge in [0, 0.05) is 12.1 Å². The summed E-state index contributed by atoms with van der Waals surface area (Å²) in [7, 11) is 4.06. The number of rotatable bonds is 2. The third-order valence-corrected chi connectivity index (χ3v) is 4.92. The van der Waals surface area contributed by atoms with E-state index in [-0.39, 0.29) is 0 Å². The minimum Gasteiger partial charge on any atom is -0.497 e.